The van der Waals surface area contributed by atoms with Gasteiger partial charge in [-0.15, -0.1) is 0 Å². The van der Waals surface area contributed by atoms with Gasteiger partial charge >= 0.3 is 5.97 Å². The molecule has 1 amide bonds. The van der Waals surface area contributed by atoms with Crippen molar-refractivity contribution in [3.63, 3.8) is 0 Å². The first-order chi connectivity index (χ1) is 14.9. The number of esters is 1. The van der Waals surface area contributed by atoms with Crippen LogP contribution in [0.15, 0.2) is 60.7 Å². The second-order valence-electron chi connectivity index (χ2n) is 7.09. The maximum absolute atomic E-state index is 12.9. The molecule has 0 saturated heterocycles. The lowest BCUT2D eigenvalue weighted by Gasteiger charge is -2.20. The summed E-state index contributed by atoms with van der Waals surface area (Å²) >= 11 is 0. The number of ketones is 2. The van der Waals surface area contributed by atoms with Gasteiger partial charge in [0.05, 0.1) is 16.8 Å². The lowest BCUT2D eigenvalue weighted by molar-refractivity contribution is -0.119. The minimum Gasteiger partial charge on any atom is -0.452 e. The molecule has 1 aliphatic carbocycles. The maximum Gasteiger partial charge on any atom is 0.340 e. The predicted octanol–water partition coefficient (Wildman–Crippen LogP) is 3.15. The number of para-hydroxylation sites is 1. The third-order valence-corrected chi connectivity index (χ3v) is 5.11. The van der Waals surface area contributed by atoms with Crippen LogP contribution in [-0.4, -0.2) is 30.0 Å². The van der Waals surface area contributed by atoms with Crippen molar-refractivity contribution in [1.29, 1.82) is 0 Å². The molecule has 1 aliphatic rings. The van der Waals surface area contributed by atoms with Gasteiger partial charge in [0.25, 0.3) is 5.91 Å². The molecule has 0 heterocycles. The first-order valence-electron chi connectivity index (χ1n) is 9.52. The van der Waals surface area contributed by atoms with Gasteiger partial charge in [0, 0.05) is 22.4 Å². The molecule has 0 bridgehead atoms. The van der Waals surface area contributed by atoms with Crippen molar-refractivity contribution in [2.75, 3.05) is 17.7 Å². The number of nitrogens with one attached hydrogen (secondary N) is 1. The van der Waals surface area contributed by atoms with E-state index in [9.17, 15) is 19.2 Å². The number of rotatable bonds is 4. The van der Waals surface area contributed by atoms with E-state index in [1.165, 1.54) is 12.1 Å². The van der Waals surface area contributed by atoms with Crippen molar-refractivity contribution in [2.45, 2.75) is 6.92 Å². The number of carbonyl (C=O) groups is 4. The maximum atomic E-state index is 12.9. The number of nitrogen functional groups attached to an aromatic ring is 1. The first kappa shape index (κ1) is 20.0. The molecule has 0 spiro atoms. The van der Waals surface area contributed by atoms with E-state index in [0.29, 0.717) is 11.3 Å². The lowest BCUT2D eigenvalue weighted by Crippen LogP contribution is -2.25. The fraction of sp³-hybridized carbons (Fsp3) is 0.0833. The quantitative estimate of drug-likeness (QED) is 0.392. The topological polar surface area (TPSA) is 116 Å². The Morgan fingerprint density at radius 2 is 1.52 bits per heavy atom. The Kier molecular flexibility index (Phi) is 5.09. The third kappa shape index (κ3) is 3.57. The number of aryl methyl sites for hydroxylation is 1. The van der Waals surface area contributed by atoms with Crippen LogP contribution in [0.4, 0.5) is 11.4 Å². The summed E-state index contributed by atoms with van der Waals surface area (Å²) in [7, 11) is 0. The van der Waals surface area contributed by atoms with E-state index in [2.05, 4.69) is 5.32 Å². The van der Waals surface area contributed by atoms with Gasteiger partial charge in [-0.2, -0.15) is 0 Å². The Morgan fingerprint density at radius 3 is 2.23 bits per heavy atom. The molecule has 3 aromatic rings. The van der Waals surface area contributed by atoms with Crippen molar-refractivity contribution >= 4 is 34.8 Å². The number of benzene rings is 3. The second kappa shape index (κ2) is 7.87. The van der Waals surface area contributed by atoms with Crippen LogP contribution in [0.25, 0.3) is 0 Å². The number of carbonyl (C=O) groups excluding carboxylic acids is 4. The van der Waals surface area contributed by atoms with E-state index in [1.54, 1.807) is 36.4 Å². The highest BCUT2D eigenvalue weighted by Crippen LogP contribution is 2.32. The fourth-order valence-electron chi connectivity index (χ4n) is 3.50. The van der Waals surface area contributed by atoms with Gasteiger partial charge in [-0.25, -0.2) is 4.79 Å². The smallest absolute Gasteiger partial charge is 0.340 e. The van der Waals surface area contributed by atoms with Crippen molar-refractivity contribution in [1.82, 2.24) is 0 Å². The molecule has 0 atom stereocenters. The van der Waals surface area contributed by atoms with Gasteiger partial charge in [-0.3, -0.25) is 14.4 Å². The van der Waals surface area contributed by atoms with E-state index >= 15 is 0 Å². The Bertz CT molecular complexity index is 1260. The predicted molar refractivity (Wildman–Crippen MR) is 114 cm³/mol. The fourth-order valence-corrected chi connectivity index (χ4v) is 3.50. The van der Waals surface area contributed by atoms with Crippen LogP contribution < -0.4 is 11.1 Å². The van der Waals surface area contributed by atoms with Crippen LogP contribution in [0.1, 0.15) is 47.8 Å². The summed E-state index contributed by atoms with van der Waals surface area (Å²) in [6.45, 7) is 1.31. The van der Waals surface area contributed by atoms with Crippen LogP contribution in [0.2, 0.25) is 0 Å². The van der Waals surface area contributed by atoms with Crippen molar-refractivity contribution in [3.8, 4) is 0 Å². The summed E-state index contributed by atoms with van der Waals surface area (Å²) < 4.78 is 5.08. The average molecular weight is 414 g/mol. The molecule has 0 radical (unpaired) electrons. The highest BCUT2D eigenvalue weighted by molar-refractivity contribution is 6.30. The Morgan fingerprint density at radius 1 is 0.871 bits per heavy atom. The number of anilines is 2. The van der Waals surface area contributed by atoms with Crippen LogP contribution in [0, 0.1) is 6.92 Å². The molecular weight excluding hydrogens is 396 g/mol. The number of hydrogen-bond acceptors (Lipinski definition) is 6. The molecule has 7 nitrogen and oxygen atoms in total. The summed E-state index contributed by atoms with van der Waals surface area (Å²) in [5.41, 5.74) is 7.98. The summed E-state index contributed by atoms with van der Waals surface area (Å²) in [5, 5.41) is 2.66. The van der Waals surface area contributed by atoms with Gasteiger partial charge in [0.15, 0.2) is 18.2 Å². The Labute approximate surface area is 177 Å². The molecule has 4 rings (SSSR count). The Balaban J connectivity index is 1.54. The summed E-state index contributed by atoms with van der Waals surface area (Å²) in [5.74, 6) is -2.15. The zero-order chi connectivity index (χ0) is 22.1. The van der Waals surface area contributed by atoms with Crippen molar-refractivity contribution < 1.29 is 23.9 Å². The molecule has 7 heteroatoms. The molecular formula is C24H18N2O5. The summed E-state index contributed by atoms with van der Waals surface area (Å²) in [6, 6.07) is 16.3. The van der Waals surface area contributed by atoms with E-state index in [0.717, 1.165) is 5.56 Å². The number of amides is 1. The molecule has 0 fully saturated rings. The van der Waals surface area contributed by atoms with E-state index in [4.69, 9.17) is 10.5 Å². The van der Waals surface area contributed by atoms with Gasteiger partial charge in [-0.05, 0) is 30.7 Å². The summed E-state index contributed by atoms with van der Waals surface area (Å²) in [4.78, 5) is 50.3. The lowest BCUT2D eigenvalue weighted by atomic mass is 9.82. The van der Waals surface area contributed by atoms with Crippen LogP contribution >= 0.6 is 0 Å². The molecule has 31 heavy (non-hydrogen) atoms. The normalized spacial score (nSPS) is 12.0. The minimum atomic E-state index is -0.862. The van der Waals surface area contributed by atoms with Crippen LogP contribution in [-0.2, 0) is 9.53 Å². The van der Waals surface area contributed by atoms with Gasteiger partial charge in [-0.1, -0.05) is 42.5 Å². The van der Waals surface area contributed by atoms with Gasteiger partial charge in [0.2, 0.25) is 0 Å². The SMILES string of the molecule is Cc1ccccc1NC(=O)COC(=O)c1ccc2c(c1N)C(=O)c1ccccc1C2=O. The number of hydrogen-bond donors (Lipinski definition) is 2. The van der Waals surface area contributed by atoms with Crippen LogP contribution in [0.5, 0.6) is 0 Å². The van der Waals surface area contributed by atoms with E-state index < -0.39 is 24.3 Å². The molecule has 0 saturated carbocycles. The van der Waals surface area contributed by atoms with E-state index in [-0.39, 0.29) is 33.7 Å². The first-order valence-corrected chi connectivity index (χ1v) is 9.52. The number of ether oxygens (including phenoxy) is 1. The molecule has 3 aromatic carbocycles. The Hall–Kier alpha value is -4.26. The monoisotopic (exact) mass is 414 g/mol. The van der Waals surface area contributed by atoms with Gasteiger partial charge in [0.1, 0.15) is 0 Å². The van der Waals surface area contributed by atoms with Crippen molar-refractivity contribution in [2.24, 2.45) is 0 Å². The van der Waals surface area contributed by atoms with E-state index in [1.807, 2.05) is 19.1 Å². The van der Waals surface area contributed by atoms with Crippen molar-refractivity contribution in [3.05, 3.63) is 94.0 Å². The standard InChI is InChI=1S/C24H18N2O5/c1-13-6-2-5-9-18(13)26-19(27)12-31-24(30)17-11-10-16-20(21(17)25)23(29)15-8-4-3-7-14(15)22(16)28/h2-11H,12,25H2,1H3,(H,26,27). The van der Waals surface area contributed by atoms with Crippen LogP contribution in [0.3, 0.4) is 0 Å². The van der Waals surface area contributed by atoms with Gasteiger partial charge < -0.3 is 15.8 Å². The molecule has 0 aromatic heterocycles. The highest BCUT2D eigenvalue weighted by Gasteiger charge is 2.33. The second-order valence-corrected chi connectivity index (χ2v) is 7.09. The highest BCUT2D eigenvalue weighted by atomic mass is 16.5. The summed E-state index contributed by atoms with van der Waals surface area (Å²) in [6.07, 6.45) is 0. The number of nitrogens with two attached hydrogens (primary N) is 1. The zero-order valence-electron chi connectivity index (χ0n) is 16.6. The zero-order valence-corrected chi connectivity index (χ0v) is 16.6. The molecule has 0 unspecified atom stereocenters. The average Bonchev–Trinajstić information content (AvgIpc) is 2.77. The largest absolute Gasteiger partial charge is 0.452 e. The molecule has 3 N–H and O–H groups in total. The minimum absolute atomic E-state index is 0.0255. The molecule has 0 aliphatic heterocycles. The third-order valence-electron chi connectivity index (χ3n) is 5.11. The molecule has 154 valence electrons. The number of fused-ring (bicyclic) bond motifs is 2.